The van der Waals surface area contributed by atoms with Crippen molar-refractivity contribution >= 4 is 0 Å². The first-order valence-corrected chi connectivity index (χ1v) is 6.53. The number of para-hydroxylation sites is 1. The molecule has 2 aromatic carbocycles. The van der Waals surface area contributed by atoms with Gasteiger partial charge in [0, 0.05) is 23.7 Å². The number of rotatable bonds is 6. The van der Waals surface area contributed by atoms with Crippen LogP contribution in [-0.2, 0) is 13.2 Å². The third-order valence-corrected chi connectivity index (χ3v) is 3.05. The van der Waals surface area contributed by atoms with Gasteiger partial charge in [-0.15, -0.1) is 0 Å². The van der Waals surface area contributed by atoms with Gasteiger partial charge in [0.25, 0.3) is 0 Å². The van der Waals surface area contributed by atoms with Crippen molar-refractivity contribution in [2.24, 2.45) is 0 Å². The summed E-state index contributed by atoms with van der Waals surface area (Å²) in [6.45, 7) is 0.422. The molecule has 0 fully saturated rings. The molecule has 2 rings (SSSR count). The molecule has 21 heavy (non-hydrogen) atoms. The molecule has 0 radical (unpaired) electrons. The Morgan fingerprint density at radius 3 is 2.52 bits per heavy atom. The highest BCUT2D eigenvalue weighted by Gasteiger charge is 2.11. The van der Waals surface area contributed by atoms with Gasteiger partial charge in [0.05, 0.1) is 7.11 Å². The monoisotopic (exact) mass is 293 g/mol. The Labute approximate surface area is 122 Å². The molecule has 1 N–H and O–H groups in total. The smallest absolute Gasteiger partial charge is 0.165 e. The third kappa shape index (κ3) is 3.70. The van der Waals surface area contributed by atoms with Gasteiger partial charge in [-0.2, -0.15) is 0 Å². The number of methoxy groups -OCH3 is 1. The van der Waals surface area contributed by atoms with Gasteiger partial charge in [0.2, 0.25) is 0 Å². The molecular formula is C16H17F2NO2. The fraction of sp³-hybridized carbons (Fsp3) is 0.250. The van der Waals surface area contributed by atoms with E-state index in [1.165, 1.54) is 19.2 Å². The highest BCUT2D eigenvalue weighted by Crippen LogP contribution is 2.25. The molecule has 0 heterocycles. The Balaban J connectivity index is 2.16. The zero-order valence-corrected chi connectivity index (χ0v) is 12.0. The lowest BCUT2D eigenvalue weighted by Gasteiger charge is -2.13. The standard InChI is InChI=1S/C16H17F2NO2/c1-19-9-11-4-3-5-14(17)16(11)21-10-12-6-7-13(20-2)8-15(12)18/h3-8,19H,9-10H2,1-2H3. The molecule has 2 aromatic rings. The molecule has 5 heteroatoms. The largest absolute Gasteiger partial charge is 0.497 e. The van der Waals surface area contributed by atoms with Gasteiger partial charge in [-0.1, -0.05) is 12.1 Å². The van der Waals surface area contributed by atoms with Crippen molar-refractivity contribution in [2.45, 2.75) is 13.2 Å². The molecule has 112 valence electrons. The molecule has 0 bridgehead atoms. The van der Waals surface area contributed by atoms with E-state index in [1.54, 1.807) is 31.3 Å². The number of hydrogen-bond donors (Lipinski definition) is 1. The minimum atomic E-state index is -0.461. The van der Waals surface area contributed by atoms with Gasteiger partial charge in [-0.25, -0.2) is 8.78 Å². The summed E-state index contributed by atoms with van der Waals surface area (Å²) < 4.78 is 38.1. The lowest BCUT2D eigenvalue weighted by Crippen LogP contribution is -2.09. The molecule has 0 aliphatic carbocycles. The Hall–Kier alpha value is -2.14. The van der Waals surface area contributed by atoms with Crippen LogP contribution in [0.25, 0.3) is 0 Å². The lowest BCUT2D eigenvalue weighted by molar-refractivity contribution is 0.280. The summed E-state index contributed by atoms with van der Waals surface area (Å²) in [5.74, 6) is -0.336. The van der Waals surface area contributed by atoms with E-state index in [1.807, 2.05) is 0 Å². The zero-order valence-electron chi connectivity index (χ0n) is 12.0. The van der Waals surface area contributed by atoms with E-state index in [2.05, 4.69) is 5.32 Å². The van der Waals surface area contributed by atoms with Crippen LogP contribution in [0, 0.1) is 11.6 Å². The highest BCUT2D eigenvalue weighted by molar-refractivity contribution is 5.35. The van der Waals surface area contributed by atoms with Crippen LogP contribution >= 0.6 is 0 Å². The number of benzene rings is 2. The second-order valence-corrected chi connectivity index (χ2v) is 4.50. The van der Waals surface area contributed by atoms with E-state index in [0.717, 1.165) is 0 Å². The van der Waals surface area contributed by atoms with E-state index in [4.69, 9.17) is 9.47 Å². The Morgan fingerprint density at radius 2 is 1.86 bits per heavy atom. The zero-order chi connectivity index (χ0) is 15.2. The van der Waals surface area contributed by atoms with Crippen LogP contribution in [0.1, 0.15) is 11.1 Å². The van der Waals surface area contributed by atoms with Gasteiger partial charge < -0.3 is 14.8 Å². The molecule has 0 saturated heterocycles. The molecule has 0 unspecified atom stereocenters. The molecule has 0 spiro atoms. The fourth-order valence-electron chi connectivity index (χ4n) is 1.97. The van der Waals surface area contributed by atoms with Crippen molar-refractivity contribution in [1.29, 1.82) is 0 Å². The number of halogens is 2. The molecule has 0 aromatic heterocycles. The second kappa shape index (κ2) is 7.04. The highest BCUT2D eigenvalue weighted by atomic mass is 19.1. The number of nitrogens with one attached hydrogen (secondary N) is 1. The number of hydrogen-bond acceptors (Lipinski definition) is 3. The summed E-state index contributed by atoms with van der Waals surface area (Å²) in [4.78, 5) is 0. The van der Waals surface area contributed by atoms with Gasteiger partial charge in [-0.3, -0.25) is 0 Å². The lowest BCUT2D eigenvalue weighted by atomic mass is 10.2. The van der Waals surface area contributed by atoms with Crippen LogP contribution in [0.4, 0.5) is 8.78 Å². The first kappa shape index (κ1) is 15.3. The van der Waals surface area contributed by atoms with Gasteiger partial charge >= 0.3 is 0 Å². The van der Waals surface area contributed by atoms with Gasteiger partial charge in [0.15, 0.2) is 11.6 Å². The van der Waals surface area contributed by atoms with E-state index >= 15 is 0 Å². The van der Waals surface area contributed by atoms with Gasteiger partial charge in [0.1, 0.15) is 18.2 Å². The minimum absolute atomic E-state index is 0.0481. The van der Waals surface area contributed by atoms with Crippen molar-refractivity contribution < 1.29 is 18.3 Å². The Kier molecular flexibility index (Phi) is 5.11. The molecule has 0 saturated carbocycles. The maximum Gasteiger partial charge on any atom is 0.165 e. The summed E-state index contributed by atoms with van der Waals surface area (Å²) in [5, 5.41) is 2.94. The van der Waals surface area contributed by atoms with Crippen LogP contribution in [0.3, 0.4) is 0 Å². The maximum absolute atomic E-state index is 13.8. The predicted molar refractivity (Wildman–Crippen MR) is 76.4 cm³/mol. The van der Waals surface area contributed by atoms with Crippen LogP contribution < -0.4 is 14.8 Å². The molecule has 0 aliphatic rings. The average molecular weight is 293 g/mol. The van der Waals surface area contributed by atoms with Crippen molar-refractivity contribution in [3.05, 3.63) is 59.2 Å². The molecule has 0 aliphatic heterocycles. The summed E-state index contributed by atoms with van der Waals surface area (Å²) in [6, 6.07) is 9.17. The summed E-state index contributed by atoms with van der Waals surface area (Å²) in [7, 11) is 3.23. The maximum atomic E-state index is 13.8. The molecule has 3 nitrogen and oxygen atoms in total. The predicted octanol–water partition coefficient (Wildman–Crippen LogP) is 3.27. The molecule has 0 atom stereocenters. The van der Waals surface area contributed by atoms with E-state index < -0.39 is 11.6 Å². The Bertz CT molecular complexity index is 617. The Morgan fingerprint density at radius 1 is 1.05 bits per heavy atom. The molecular weight excluding hydrogens is 276 g/mol. The minimum Gasteiger partial charge on any atom is -0.497 e. The average Bonchev–Trinajstić information content (AvgIpc) is 2.48. The summed E-state index contributed by atoms with van der Waals surface area (Å²) >= 11 is 0. The summed E-state index contributed by atoms with van der Waals surface area (Å²) in [5.41, 5.74) is 1.03. The first-order chi connectivity index (χ1) is 10.2. The van der Waals surface area contributed by atoms with Crippen molar-refractivity contribution in [3.63, 3.8) is 0 Å². The fourth-order valence-corrected chi connectivity index (χ4v) is 1.97. The topological polar surface area (TPSA) is 30.5 Å². The van der Waals surface area contributed by atoms with Crippen molar-refractivity contribution in [1.82, 2.24) is 5.32 Å². The van der Waals surface area contributed by atoms with E-state index in [9.17, 15) is 8.78 Å². The number of ether oxygens (including phenoxy) is 2. The van der Waals surface area contributed by atoms with Crippen LogP contribution in [-0.4, -0.2) is 14.2 Å². The van der Waals surface area contributed by atoms with Crippen LogP contribution in [0.5, 0.6) is 11.5 Å². The summed E-state index contributed by atoms with van der Waals surface area (Å²) in [6.07, 6.45) is 0. The van der Waals surface area contributed by atoms with E-state index in [0.29, 0.717) is 23.4 Å². The van der Waals surface area contributed by atoms with Gasteiger partial charge in [-0.05, 0) is 25.2 Å². The second-order valence-electron chi connectivity index (χ2n) is 4.50. The quantitative estimate of drug-likeness (QED) is 0.886. The third-order valence-electron chi connectivity index (χ3n) is 3.05. The van der Waals surface area contributed by atoms with Crippen molar-refractivity contribution in [2.75, 3.05) is 14.2 Å². The van der Waals surface area contributed by atoms with Crippen molar-refractivity contribution in [3.8, 4) is 11.5 Å². The molecule has 0 amide bonds. The first-order valence-electron chi connectivity index (χ1n) is 6.53. The van der Waals surface area contributed by atoms with Crippen LogP contribution in [0.2, 0.25) is 0 Å². The van der Waals surface area contributed by atoms with Crippen LogP contribution in [0.15, 0.2) is 36.4 Å². The van der Waals surface area contributed by atoms with E-state index in [-0.39, 0.29) is 12.4 Å². The normalized spacial score (nSPS) is 10.5. The SMILES string of the molecule is CNCc1cccc(F)c1OCc1ccc(OC)cc1F.